The Morgan fingerprint density at radius 3 is 2.64 bits per heavy atom. The van der Waals surface area contributed by atoms with E-state index in [4.69, 9.17) is 0 Å². The fourth-order valence-corrected chi connectivity index (χ4v) is 0.957. The van der Waals surface area contributed by atoms with Crippen molar-refractivity contribution in [3.8, 4) is 0 Å². The Morgan fingerprint density at radius 2 is 2.21 bits per heavy atom. The van der Waals surface area contributed by atoms with Gasteiger partial charge >= 0.3 is 0 Å². The Balaban J connectivity index is 2.71. The summed E-state index contributed by atoms with van der Waals surface area (Å²) >= 11 is 0. The van der Waals surface area contributed by atoms with Crippen LogP contribution in [0.15, 0.2) is 17.2 Å². The van der Waals surface area contributed by atoms with Gasteiger partial charge in [0.1, 0.15) is 5.69 Å². The van der Waals surface area contributed by atoms with E-state index in [0.717, 1.165) is 0 Å². The number of alkyl halides is 2. The summed E-state index contributed by atoms with van der Waals surface area (Å²) in [4.78, 5) is 0. The molecule has 0 fully saturated rings. The van der Waals surface area contributed by atoms with Gasteiger partial charge in [0.25, 0.3) is 6.43 Å². The molecule has 3 nitrogen and oxygen atoms in total. The number of rotatable bonds is 4. The topological polar surface area (TPSA) is 38.1 Å². The lowest BCUT2D eigenvalue weighted by atomic mass is 10.3. The number of halogens is 2. The zero-order valence-electron chi connectivity index (χ0n) is 8.05. The van der Waals surface area contributed by atoms with Crippen LogP contribution in [0.4, 0.5) is 8.78 Å². The zero-order valence-corrected chi connectivity index (χ0v) is 8.05. The predicted octanol–water partition coefficient (Wildman–Crippen LogP) is 2.58. The van der Waals surface area contributed by atoms with Crippen molar-refractivity contribution >= 4 is 5.70 Å². The van der Waals surface area contributed by atoms with Gasteiger partial charge in [-0.25, -0.2) is 8.78 Å². The summed E-state index contributed by atoms with van der Waals surface area (Å²) in [5.41, 5.74) is 0.796. The Labute approximate surface area is 80.8 Å². The summed E-state index contributed by atoms with van der Waals surface area (Å²) in [5, 5.41) is 6.42. The smallest absolute Gasteiger partial charge is 0.298 e. The van der Waals surface area contributed by atoms with Crippen LogP contribution in [0.5, 0.6) is 0 Å². The minimum Gasteiger partial charge on any atom is -0.382 e. The minimum atomic E-state index is -2.64. The molecule has 5 heteroatoms. The summed E-state index contributed by atoms with van der Waals surface area (Å²) in [6, 6.07) is 1.36. The predicted molar refractivity (Wildman–Crippen MR) is 48.8 cm³/mol. The Kier molecular flexibility index (Phi) is 3.22. The van der Waals surface area contributed by atoms with Crippen LogP contribution in [0.1, 0.15) is 31.7 Å². The molecule has 0 saturated heterocycles. The van der Waals surface area contributed by atoms with E-state index in [1.165, 1.54) is 6.07 Å². The highest BCUT2D eigenvalue weighted by molar-refractivity contribution is 5.58. The molecule has 0 bridgehead atoms. The second kappa shape index (κ2) is 4.21. The van der Waals surface area contributed by atoms with E-state index in [9.17, 15) is 8.78 Å². The highest BCUT2D eigenvalue weighted by Gasteiger charge is 2.15. The van der Waals surface area contributed by atoms with Crippen LogP contribution in [0.3, 0.4) is 0 Å². The number of hydrogen-bond acceptors (Lipinski definition) is 3. The van der Waals surface area contributed by atoms with Crippen molar-refractivity contribution in [1.29, 1.82) is 0 Å². The summed E-state index contributed by atoms with van der Waals surface area (Å²) in [7, 11) is 0. The molecular formula is C9H12F2N2O. The second-order valence-corrected chi connectivity index (χ2v) is 3.19. The first kappa shape index (κ1) is 10.7. The van der Waals surface area contributed by atoms with Gasteiger partial charge in [-0.15, -0.1) is 0 Å². The highest BCUT2D eigenvalue weighted by Crippen LogP contribution is 2.21. The lowest BCUT2D eigenvalue weighted by Crippen LogP contribution is -2.20. The van der Waals surface area contributed by atoms with Crippen LogP contribution in [0.25, 0.3) is 5.70 Å². The van der Waals surface area contributed by atoms with E-state index in [1.807, 2.05) is 13.8 Å². The van der Waals surface area contributed by atoms with Gasteiger partial charge in [-0.1, -0.05) is 11.7 Å². The van der Waals surface area contributed by atoms with E-state index in [0.29, 0.717) is 11.4 Å². The first-order chi connectivity index (χ1) is 6.50. The van der Waals surface area contributed by atoms with Crippen molar-refractivity contribution in [3.05, 3.63) is 24.1 Å². The summed E-state index contributed by atoms with van der Waals surface area (Å²) < 4.78 is 28.7. The van der Waals surface area contributed by atoms with Crippen LogP contribution in [0.2, 0.25) is 0 Å². The molecule has 0 spiro atoms. The standard InChI is InChI=1S/C9H12F2N2O/c1-5(2)12-6(3)7-4-8(9(10)11)14-13-7/h4-5,9,12H,3H2,1-2H3. The molecule has 0 saturated carbocycles. The van der Waals surface area contributed by atoms with Crippen molar-refractivity contribution in [2.45, 2.75) is 26.3 Å². The Morgan fingerprint density at radius 1 is 1.57 bits per heavy atom. The molecule has 0 aliphatic rings. The van der Waals surface area contributed by atoms with Gasteiger partial charge in [0.05, 0.1) is 5.70 Å². The van der Waals surface area contributed by atoms with Crippen LogP contribution < -0.4 is 5.32 Å². The van der Waals surface area contributed by atoms with Crippen molar-refractivity contribution in [3.63, 3.8) is 0 Å². The van der Waals surface area contributed by atoms with E-state index < -0.39 is 12.2 Å². The number of nitrogens with one attached hydrogen (secondary N) is 1. The Hall–Kier alpha value is -1.39. The molecule has 1 rings (SSSR count). The lowest BCUT2D eigenvalue weighted by molar-refractivity contribution is 0.112. The molecule has 1 N–H and O–H groups in total. The maximum Gasteiger partial charge on any atom is 0.298 e. The van der Waals surface area contributed by atoms with Gasteiger partial charge in [-0.2, -0.15) is 0 Å². The molecule has 0 aliphatic carbocycles. The molecular weight excluding hydrogens is 190 g/mol. The molecule has 14 heavy (non-hydrogen) atoms. The average molecular weight is 202 g/mol. The van der Waals surface area contributed by atoms with Crippen molar-refractivity contribution in [2.75, 3.05) is 0 Å². The molecule has 1 heterocycles. The molecule has 0 unspecified atom stereocenters. The maximum atomic E-state index is 12.1. The van der Waals surface area contributed by atoms with Crippen LogP contribution in [-0.2, 0) is 0 Å². The van der Waals surface area contributed by atoms with Crippen LogP contribution in [0, 0.1) is 0 Å². The van der Waals surface area contributed by atoms with Gasteiger partial charge in [-0.05, 0) is 13.8 Å². The third kappa shape index (κ3) is 2.55. The van der Waals surface area contributed by atoms with Gasteiger partial charge in [0, 0.05) is 12.1 Å². The van der Waals surface area contributed by atoms with Crippen LogP contribution >= 0.6 is 0 Å². The van der Waals surface area contributed by atoms with Crippen molar-refractivity contribution < 1.29 is 13.3 Å². The molecule has 0 aromatic carbocycles. The monoisotopic (exact) mass is 202 g/mol. The van der Waals surface area contributed by atoms with Crippen LogP contribution in [-0.4, -0.2) is 11.2 Å². The van der Waals surface area contributed by atoms with Gasteiger partial charge in [0.2, 0.25) is 5.76 Å². The third-order valence-electron chi connectivity index (χ3n) is 1.52. The minimum absolute atomic E-state index is 0.175. The quantitative estimate of drug-likeness (QED) is 0.815. The summed E-state index contributed by atoms with van der Waals surface area (Å²) in [5.74, 6) is -0.438. The molecule has 78 valence electrons. The molecule has 0 amide bonds. The van der Waals surface area contributed by atoms with E-state index in [1.54, 1.807) is 0 Å². The fraction of sp³-hybridized carbons (Fsp3) is 0.444. The largest absolute Gasteiger partial charge is 0.382 e. The van der Waals surface area contributed by atoms with Gasteiger partial charge < -0.3 is 9.84 Å². The number of hydrogen-bond donors (Lipinski definition) is 1. The summed E-state index contributed by atoms with van der Waals surface area (Å²) in [6.45, 7) is 7.49. The van der Waals surface area contributed by atoms with E-state index in [2.05, 4.69) is 21.6 Å². The number of aromatic nitrogens is 1. The first-order valence-electron chi connectivity index (χ1n) is 4.21. The highest BCUT2D eigenvalue weighted by atomic mass is 19.3. The zero-order chi connectivity index (χ0) is 10.7. The molecule has 0 radical (unpaired) electrons. The molecule has 0 aliphatic heterocycles. The van der Waals surface area contributed by atoms with Crippen molar-refractivity contribution in [1.82, 2.24) is 10.5 Å². The van der Waals surface area contributed by atoms with Gasteiger partial charge in [0.15, 0.2) is 0 Å². The third-order valence-corrected chi connectivity index (χ3v) is 1.52. The average Bonchev–Trinajstić information content (AvgIpc) is 2.50. The second-order valence-electron chi connectivity index (χ2n) is 3.19. The van der Waals surface area contributed by atoms with E-state index in [-0.39, 0.29) is 6.04 Å². The Bertz CT molecular complexity index is 320. The molecule has 0 atom stereocenters. The molecule has 1 aromatic heterocycles. The first-order valence-corrected chi connectivity index (χ1v) is 4.21. The van der Waals surface area contributed by atoms with E-state index >= 15 is 0 Å². The maximum absolute atomic E-state index is 12.1. The molecule has 1 aromatic rings. The number of nitrogens with zero attached hydrogens (tertiary/aromatic N) is 1. The SMILES string of the molecule is C=C(NC(C)C)c1cc(C(F)F)on1. The van der Waals surface area contributed by atoms with Gasteiger partial charge in [-0.3, -0.25) is 0 Å². The fourth-order valence-electron chi connectivity index (χ4n) is 0.957. The van der Waals surface area contributed by atoms with Crippen molar-refractivity contribution in [2.24, 2.45) is 0 Å². The summed E-state index contributed by atoms with van der Waals surface area (Å²) in [6.07, 6.45) is -2.64. The lowest BCUT2D eigenvalue weighted by Gasteiger charge is -2.09. The normalized spacial score (nSPS) is 11.0.